The number of imidazole rings is 1. The van der Waals surface area contributed by atoms with Crippen molar-refractivity contribution in [1.82, 2.24) is 15.0 Å². The fraction of sp³-hybridized carbons (Fsp3) is 0. The number of aromatic nitrogens is 3. The third-order valence-electron chi connectivity index (χ3n) is 5.18. The third kappa shape index (κ3) is 4.44. The van der Waals surface area contributed by atoms with Crippen molar-refractivity contribution in [1.29, 1.82) is 0 Å². The van der Waals surface area contributed by atoms with E-state index in [9.17, 15) is 9.59 Å². The lowest BCUT2D eigenvalue weighted by molar-refractivity contribution is 0.101. The minimum Gasteiger partial charge on any atom is -0.323 e. The van der Waals surface area contributed by atoms with Gasteiger partial charge in [-0.2, -0.15) is 0 Å². The predicted molar refractivity (Wildman–Crippen MR) is 136 cm³/mol. The lowest BCUT2D eigenvalue weighted by Gasteiger charge is -2.09. The lowest BCUT2D eigenvalue weighted by atomic mass is 10.2. The summed E-state index contributed by atoms with van der Waals surface area (Å²) in [5, 5.41) is 5.73. The van der Waals surface area contributed by atoms with Crippen LogP contribution in [0.15, 0.2) is 95.6 Å². The fourth-order valence-electron chi connectivity index (χ4n) is 3.50. The van der Waals surface area contributed by atoms with Crippen LogP contribution in [0.2, 0.25) is 0 Å². The molecule has 8 heteroatoms. The number of H-pyrrole nitrogens is 1. The minimum atomic E-state index is -0.327. The fourth-order valence-corrected chi connectivity index (χ4v) is 3.97. The van der Waals surface area contributed by atoms with Gasteiger partial charge in [-0.05, 0) is 52.3 Å². The first kappa shape index (κ1) is 21.5. The third-order valence-corrected chi connectivity index (χ3v) is 5.78. The Labute approximate surface area is 203 Å². The minimum absolute atomic E-state index is 0.201. The number of hydrogen-bond donors (Lipinski definition) is 3. The van der Waals surface area contributed by atoms with Crippen molar-refractivity contribution in [2.45, 2.75) is 0 Å². The van der Waals surface area contributed by atoms with Gasteiger partial charge in [0.2, 0.25) is 0 Å². The number of hydrogen-bond acceptors (Lipinski definition) is 4. The number of carbonyl (C=O) groups excluding carboxylic acids is 2. The van der Waals surface area contributed by atoms with Crippen LogP contribution < -0.4 is 10.6 Å². The highest BCUT2D eigenvalue weighted by atomic mass is 79.9. The van der Waals surface area contributed by atoms with E-state index in [4.69, 9.17) is 0 Å². The maximum atomic E-state index is 13.1. The molecule has 2 amide bonds. The second-order valence-corrected chi connectivity index (χ2v) is 8.34. The van der Waals surface area contributed by atoms with Crippen molar-refractivity contribution in [3.05, 3.63) is 107 Å². The number of rotatable bonds is 5. The van der Waals surface area contributed by atoms with E-state index in [0.717, 1.165) is 5.56 Å². The second-order valence-electron chi connectivity index (χ2n) is 7.48. The first-order valence-electron chi connectivity index (χ1n) is 10.5. The van der Waals surface area contributed by atoms with Gasteiger partial charge in [0, 0.05) is 28.7 Å². The number of aromatic amines is 1. The maximum absolute atomic E-state index is 13.1. The molecule has 2 aromatic heterocycles. The summed E-state index contributed by atoms with van der Waals surface area (Å²) in [4.78, 5) is 37.6. The molecule has 0 aliphatic heterocycles. The highest BCUT2D eigenvalue weighted by Gasteiger charge is 2.19. The van der Waals surface area contributed by atoms with Crippen molar-refractivity contribution >= 4 is 50.3 Å². The van der Waals surface area contributed by atoms with Gasteiger partial charge in [0.15, 0.2) is 5.65 Å². The van der Waals surface area contributed by atoms with Crippen LogP contribution in [0.5, 0.6) is 0 Å². The first-order chi connectivity index (χ1) is 16.6. The molecule has 34 heavy (non-hydrogen) atoms. The number of anilines is 2. The van der Waals surface area contributed by atoms with Gasteiger partial charge in [0.1, 0.15) is 11.3 Å². The monoisotopic (exact) mass is 511 g/mol. The molecule has 5 aromatic rings. The zero-order valence-corrected chi connectivity index (χ0v) is 19.3. The van der Waals surface area contributed by atoms with Crippen LogP contribution in [-0.2, 0) is 0 Å². The molecular weight excluding hydrogens is 494 g/mol. The number of fused-ring (bicyclic) bond motifs is 1. The Kier molecular flexibility index (Phi) is 5.88. The number of carbonyl (C=O) groups is 2. The highest BCUT2D eigenvalue weighted by Crippen LogP contribution is 2.27. The summed E-state index contributed by atoms with van der Waals surface area (Å²) in [7, 11) is 0. The summed E-state index contributed by atoms with van der Waals surface area (Å²) in [6.07, 6.45) is 1.58. The molecule has 0 atom stereocenters. The normalized spacial score (nSPS) is 10.7. The molecule has 3 aromatic carbocycles. The van der Waals surface area contributed by atoms with Gasteiger partial charge < -0.3 is 15.6 Å². The molecule has 0 saturated carbocycles. The molecule has 0 bridgehead atoms. The molecule has 0 radical (unpaired) electrons. The number of benzene rings is 3. The first-order valence-corrected chi connectivity index (χ1v) is 11.3. The van der Waals surface area contributed by atoms with E-state index in [1.54, 1.807) is 42.6 Å². The summed E-state index contributed by atoms with van der Waals surface area (Å²) in [5.41, 5.74) is 4.04. The molecule has 0 fully saturated rings. The Hall–Kier alpha value is -4.30. The van der Waals surface area contributed by atoms with Gasteiger partial charge in [-0.25, -0.2) is 9.97 Å². The Balaban J connectivity index is 1.36. The van der Waals surface area contributed by atoms with Crippen LogP contribution in [0.25, 0.3) is 22.6 Å². The zero-order valence-electron chi connectivity index (χ0n) is 17.7. The predicted octanol–water partition coefficient (Wildman–Crippen LogP) is 5.89. The van der Waals surface area contributed by atoms with Crippen LogP contribution in [0.3, 0.4) is 0 Å². The summed E-state index contributed by atoms with van der Waals surface area (Å²) in [5.74, 6) is 0.105. The molecule has 0 aliphatic carbocycles. The number of nitrogens with zero attached hydrogens (tertiary/aromatic N) is 2. The quantitative estimate of drug-likeness (QED) is 0.273. The summed E-state index contributed by atoms with van der Waals surface area (Å²) in [6, 6.07) is 25.5. The van der Waals surface area contributed by atoms with E-state index < -0.39 is 0 Å². The van der Waals surface area contributed by atoms with E-state index in [2.05, 4.69) is 41.5 Å². The van der Waals surface area contributed by atoms with Crippen molar-refractivity contribution in [2.75, 3.05) is 10.6 Å². The molecule has 5 rings (SSSR count). The van der Waals surface area contributed by atoms with E-state index >= 15 is 0 Å². The molecule has 7 nitrogen and oxygen atoms in total. The number of halogens is 1. The van der Waals surface area contributed by atoms with Crippen LogP contribution in [0.1, 0.15) is 20.7 Å². The molecular formula is C26H18BrN5O2. The van der Waals surface area contributed by atoms with Gasteiger partial charge in [-0.15, -0.1) is 0 Å². The number of nitrogens with one attached hydrogen (secondary N) is 3. The molecule has 0 aliphatic rings. The maximum Gasteiger partial charge on any atom is 0.259 e. The Morgan fingerprint density at radius 1 is 0.765 bits per heavy atom. The van der Waals surface area contributed by atoms with Crippen molar-refractivity contribution in [3.8, 4) is 11.4 Å². The zero-order chi connectivity index (χ0) is 23.5. The second kappa shape index (κ2) is 9.29. The topological polar surface area (TPSA) is 99.8 Å². The Morgan fingerprint density at radius 2 is 1.35 bits per heavy atom. The van der Waals surface area contributed by atoms with Crippen molar-refractivity contribution in [3.63, 3.8) is 0 Å². The summed E-state index contributed by atoms with van der Waals surface area (Å²) < 4.78 is 0.537. The van der Waals surface area contributed by atoms with Crippen LogP contribution in [0.4, 0.5) is 11.4 Å². The largest absolute Gasteiger partial charge is 0.323 e. The van der Waals surface area contributed by atoms with E-state index in [0.29, 0.717) is 44.0 Å². The Bertz CT molecular complexity index is 1480. The van der Waals surface area contributed by atoms with Crippen molar-refractivity contribution in [2.24, 2.45) is 0 Å². The molecule has 0 unspecified atom stereocenters. The summed E-state index contributed by atoms with van der Waals surface area (Å²) in [6.45, 7) is 0. The lowest BCUT2D eigenvalue weighted by Crippen LogP contribution is -2.14. The smallest absolute Gasteiger partial charge is 0.259 e. The number of amides is 2. The van der Waals surface area contributed by atoms with Gasteiger partial charge in [-0.3, -0.25) is 9.59 Å². The van der Waals surface area contributed by atoms with Gasteiger partial charge in [0.05, 0.1) is 10.0 Å². The van der Waals surface area contributed by atoms with E-state index in [1.165, 1.54) is 0 Å². The standard InChI is InChI=1S/C26H18BrN5O2/c27-20-15-28-24-22(31-23(32-24)16-7-3-1-4-8-16)21(20)26(34)30-19-13-11-18(12-14-19)29-25(33)17-9-5-2-6-10-17/h1-15H,(H,29,33)(H,30,34)(H,28,31,32). The average molecular weight is 512 g/mol. The molecule has 3 N–H and O–H groups in total. The Morgan fingerprint density at radius 3 is 2.00 bits per heavy atom. The van der Waals surface area contributed by atoms with Crippen LogP contribution >= 0.6 is 15.9 Å². The summed E-state index contributed by atoms with van der Waals surface area (Å²) >= 11 is 3.43. The molecule has 0 spiro atoms. The SMILES string of the molecule is O=C(Nc1ccc(NC(=O)c2c(Br)cnc3[nH]c(-c4ccccc4)nc23)cc1)c1ccccc1. The van der Waals surface area contributed by atoms with Gasteiger partial charge in [0.25, 0.3) is 11.8 Å². The van der Waals surface area contributed by atoms with Crippen LogP contribution in [-0.4, -0.2) is 26.8 Å². The van der Waals surface area contributed by atoms with Crippen molar-refractivity contribution < 1.29 is 9.59 Å². The molecule has 0 saturated heterocycles. The van der Waals surface area contributed by atoms with E-state index in [1.807, 2.05) is 48.5 Å². The molecule has 2 heterocycles. The average Bonchev–Trinajstić information content (AvgIpc) is 3.30. The van der Waals surface area contributed by atoms with Crippen LogP contribution in [0, 0.1) is 0 Å². The van der Waals surface area contributed by atoms with E-state index in [-0.39, 0.29) is 11.8 Å². The molecule has 166 valence electrons. The van der Waals surface area contributed by atoms with Gasteiger partial charge >= 0.3 is 0 Å². The van der Waals surface area contributed by atoms with Gasteiger partial charge in [-0.1, -0.05) is 48.5 Å². The highest BCUT2D eigenvalue weighted by molar-refractivity contribution is 9.10. The number of pyridine rings is 1.